The van der Waals surface area contributed by atoms with Crippen LogP contribution in [0, 0.1) is 11.3 Å². The molecule has 1 saturated carbocycles. The van der Waals surface area contributed by atoms with Crippen molar-refractivity contribution < 1.29 is 19.1 Å². The van der Waals surface area contributed by atoms with Crippen LogP contribution in [0.1, 0.15) is 63.6 Å². The summed E-state index contributed by atoms with van der Waals surface area (Å²) in [6.07, 6.45) is 5.20. The number of benzene rings is 1. The van der Waals surface area contributed by atoms with Crippen LogP contribution < -0.4 is 4.90 Å². The van der Waals surface area contributed by atoms with Gasteiger partial charge in [-0.05, 0) is 55.9 Å². The van der Waals surface area contributed by atoms with E-state index in [1.807, 2.05) is 6.07 Å². The maximum absolute atomic E-state index is 12.7. The second-order valence-electron chi connectivity index (χ2n) is 7.56. The second-order valence-corrected chi connectivity index (χ2v) is 8.36. The van der Waals surface area contributed by atoms with Gasteiger partial charge in [0, 0.05) is 35.8 Å². The number of rotatable bonds is 7. The fraction of sp³-hybridized carbons (Fsp3) is 0.348. The molecule has 1 saturated heterocycles. The zero-order chi connectivity index (χ0) is 22.0. The van der Waals surface area contributed by atoms with E-state index in [4.69, 9.17) is 4.74 Å². The highest BCUT2D eigenvalue weighted by Gasteiger charge is 2.29. The van der Waals surface area contributed by atoms with Crippen LogP contribution in [0.3, 0.4) is 0 Å². The summed E-state index contributed by atoms with van der Waals surface area (Å²) in [5.41, 5.74) is 2.26. The number of nitriles is 1. The summed E-state index contributed by atoms with van der Waals surface area (Å²) in [4.78, 5) is 43.2. The van der Waals surface area contributed by atoms with Crippen molar-refractivity contribution in [3.05, 3.63) is 52.7 Å². The second kappa shape index (κ2) is 8.90. The number of amides is 1. The minimum Gasteiger partial charge on any atom is -0.454 e. The normalized spacial score (nSPS) is 15.6. The Balaban J connectivity index is 1.45. The molecule has 8 heteroatoms. The quantitative estimate of drug-likeness (QED) is 0.371. The number of hydrogen-bond acceptors (Lipinski definition) is 7. The lowest BCUT2D eigenvalue weighted by Crippen LogP contribution is -2.23. The zero-order valence-corrected chi connectivity index (χ0v) is 17.9. The number of ether oxygens (including phenoxy) is 1. The fourth-order valence-corrected chi connectivity index (χ4v) is 4.14. The van der Waals surface area contributed by atoms with Gasteiger partial charge in [0.05, 0.1) is 11.1 Å². The number of Topliss-reactive ketones (excluding diaryl/α,β-unsaturated/α-hetero) is 1. The Hall–Kier alpha value is -3.18. The molecule has 1 aromatic heterocycles. The van der Waals surface area contributed by atoms with Gasteiger partial charge in [0.1, 0.15) is 11.1 Å². The Morgan fingerprint density at radius 3 is 2.61 bits per heavy atom. The van der Waals surface area contributed by atoms with Gasteiger partial charge in [-0.25, -0.2) is 9.78 Å². The molecular weight excluding hydrogens is 414 g/mol. The van der Waals surface area contributed by atoms with E-state index < -0.39 is 12.6 Å². The number of aromatic nitrogens is 1. The molecule has 1 aliphatic carbocycles. The molecule has 0 N–H and O–H groups in total. The fourth-order valence-electron chi connectivity index (χ4n) is 3.59. The summed E-state index contributed by atoms with van der Waals surface area (Å²) in [5, 5.41) is 10.0. The Morgan fingerprint density at radius 1 is 1.29 bits per heavy atom. The molecule has 7 nitrogen and oxygen atoms in total. The molecule has 0 unspecified atom stereocenters. The largest absolute Gasteiger partial charge is 0.454 e. The maximum Gasteiger partial charge on any atom is 0.340 e. The van der Waals surface area contributed by atoms with E-state index in [-0.39, 0.29) is 22.8 Å². The van der Waals surface area contributed by atoms with Gasteiger partial charge in [0.15, 0.2) is 12.4 Å². The number of esters is 1. The third-order valence-corrected chi connectivity index (χ3v) is 6.12. The first-order valence-electron chi connectivity index (χ1n) is 10.1. The third kappa shape index (κ3) is 4.47. The number of anilines is 1. The van der Waals surface area contributed by atoms with E-state index in [0.29, 0.717) is 29.5 Å². The average Bonchev–Trinajstić information content (AvgIpc) is 3.56. The molecule has 0 radical (unpaired) electrons. The molecule has 2 fully saturated rings. The summed E-state index contributed by atoms with van der Waals surface area (Å²) in [7, 11) is 0. The lowest BCUT2D eigenvalue weighted by atomic mass is 10.1. The molecule has 0 spiro atoms. The first-order chi connectivity index (χ1) is 15.0. The van der Waals surface area contributed by atoms with Crippen molar-refractivity contribution in [2.75, 3.05) is 24.3 Å². The summed E-state index contributed by atoms with van der Waals surface area (Å²) < 4.78 is 5.25. The molecule has 1 aromatic carbocycles. The zero-order valence-electron chi connectivity index (χ0n) is 17.1. The highest BCUT2D eigenvalue weighted by Crippen LogP contribution is 2.40. The van der Waals surface area contributed by atoms with Gasteiger partial charge in [-0.3, -0.25) is 9.59 Å². The molecule has 2 aliphatic rings. The minimum absolute atomic E-state index is 0.0776. The van der Waals surface area contributed by atoms with Crippen LogP contribution in [0.15, 0.2) is 35.4 Å². The topological polar surface area (TPSA) is 100 Å². The van der Waals surface area contributed by atoms with Gasteiger partial charge >= 0.3 is 5.97 Å². The molecule has 31 heavy (non-hydrogen) atoms. The highest BCUT2D eigenvalue weighted by molar-refractivity contribution is 7.98. The molecule has 1 aliphatic heterocycles. The smallest absolute Gasteiger partial charge is 0.340 e. The number of ketones is 1. The lowest BCUT2D eigenvalue weighted by molar-refractivity contribution is -0.117. The average molecular weight is 436 g/mol. The molecular formula is C23H21N3O4S. The standard InChI is InChI=1S/C23H21N3O4S/c1-31-22-18(12-24)17(11-19(25-22)14-4-5-14)23(29)30-13-20(27)15-6-8-16(9-7-15)26-10-2-3-21(26)28/h6-9,11,14H,2-5,10,13H2,1H3. The van der Waals surface area contributed by atoms with E-state index >= 15 is 0 Å². The number of nitrogens with zero attached hydrogens (tertiary/aromatic N) is 3. The third-order valence-electron chi connectivity index (χ3n) is 5.44. The molecule has 4 rings (SSSR count). The lowest BCUT2D eigenvalue weighted by Gasteiger charge is -2.15. The van der Waals surface area contributed by atoms with Crippen LogP contribution in [0.2, 0.25) is 0 Å². The van der Waals surface area contributed by atoms with Crippen LogP contribution in [-0.2, 0) is 9.53 Å². The highest BCUT2D eigenvalue weighted by atomic mass is 32.2. The Morgan fingerprint density at radius 2 is 2.03 bits per heavy atom. The Bertz CT molecular complexity index is 1090. The van der Waals surface area contributed by atoms with Crippen LogP contribution in [-0.4, -0.2) is 42.1 Å². The number of thioether (sulfide) groups is 1. The molecule has 1 amide bonds. The molecule has 0 bridgehead atoms. The molecule has 2 heterocycles. The van der Waals surface area contributed by atoms with Crippen molar-refractivity contribution >= 4 is 35.1 Å². The van der Waals surface area contributed by atoms with Gasteiger partial charge in [-0.1, -0.05) is 0 Å². The predicted octanol–water partition coefficient (Wildman–Crippen LogP) is 3.72. The molecule has 2 aromatic rings. The number of hydrogen-bond donors (Lipinski definition) is 0. The first-order valence-corrected chi connectivity index (χ1v) is 11.3. The van der Waals surface area contributed by atoms with Crippen LogP contribution >= 0.6 is 11.8 Å². The predicted molar refractivity (Wildman–Crippen MR) is 115 cm³/mol. The molecule has 158 valence electrons. The van der Waals surface area contributed by atoms with Crippen molar-refractivity contribution in [3.8, 4) is 6.07 Å². The summed E-state index contributed by atoms with van der Waals surface area (Å²) in [5.74, 6) is -0.668. The Kier molecular flexibility index (Phi) is 6.05. The van der Waals surface area contributed by atoms with Gasteiger partial charge in [0.2, 0.25) is 5.91 Å². The van der Waals surface area contributed by atoms with Crippen molar-refractivity contribution in [1.29, 1.82) is 5.26 Å². The first kappa shape index (κ1) is 21.1. The van der Waals surface area contributed by atoms with Gasteiger partial charge in [-0.2, -0.15) is 5.26 Å². The number of pyridine rings is 1. The SMILES string of the molecule is CSc1nc(C2CC2)cc(C(=O)OCC(=O)c2ccc(N3CCCC3=O)cc2)c1C#N. The van der Waals surface area contributed by atoms with Gasteiger partial charge < -0.3 is 9.64 Å². The van der Waals surface area contributed by atoms with Crippen molar-refractivity contribution in [2.45, 2.75) is 36.6 Å². The van der Waals surface area contributed by atoms with Gasteiger partial charge in [0.25, 0.3) is 0 Å². The van der Waals surface area contributed by atoms with E-state index in [0.717, 1.165) is 30.6 Å². The number of carbonyl (C=O) groups excluding carboxylic acids is 3. The van der Waals surface area contributed by atoms with Gasteiger partial charge in [-0.15, -0.1) is 11.8 Å². The summed E-state index contributed by atoms with van der Waals surface area (Å²) in [6.45, 7) is 0.249. The molecule has 0 atom stereocenters. The van der Waals surface area contributed by atoms with E-state index in [2.05, 4.69) is 4.98 Å². The van der Waals surface area contributed by atoms with Crippen molar-refractivity contribution in [3.63, 3.8) is 0 Å². The van der Waals surface area contributed by atoms with Crippen LogP contribution in [0.4, 0.5) is 5.69 Å². The summed E-state index contributed by atoms with van der Waals surface area (Å²) in [6, 6.07) is 10.4. The van der Waals surface area contributed by atoms with E-state index in [1.165, 1.54) is 11.8 Å². The number of carbonyl (C=O) groups is 3. The minimum atomic E-state index is -0.705. The summed E-state index contributed by atoms with van der Waals surface area (Å²) >= 11 is 1.31. The van der Waals surface area contributed by atoms with E-state index in [9.17, 15) is 19.6 Å². The van der Waals surface area contributed by atoms with E-state index in [1.54, 1.807) is 41.5 Å². The van der Waals surface area contributed by atoms with Crippen LogP contribution in [0.25, 0.3) is 0 Å². The maximum atomic E-state index is 12.7. The van der Waals surface area contributed by atoms with Crippen molar-refractivity contribution in [2.24, 2.45) is 0 Å². The van der Waals surface area contributed by atoms with Crippen LogP contribution in [0.5, 0.6) is 0 Å². The Labute approximate surface area is 184 Å². The monoisotopic (exact) mass is 435 g/mol. The van der Waals surface area contributed by atoms with Crippen molar-refractivity contribution in [1.82, 2.24) is 4.98 Å².